The number of anilines is 1. The predicted molar refractivity (Wildman–Crippen MR) is 124 cm³/mol. The molecule has 34 heavy (non-hydrogen) atoms. The van der Waals surface area contributed by atoms with Gasteiger partial charge in [0, 0.05) is 11.3 Å². The first kappa shape index (κ1) is 21.1. The number of hydrogen-bond acceptors (Lipinski definition) is 5. The van der Waals surface area contributed by atoms with Gasteiger partial charge in [0.15, 0.2) is 5.65 Å². The quantitative estimate of drug-likeness (QED) is 0.398. The minimum absolute atomic E-state index is 0.231. The van der Waals surface area contributed by atoms with Gasteiger partial charge in [-0.05, 0) is 36.4 Å². The van der Waals surface area contributed by atoms with Crippen molar-refractivity contribution in [3.05, 3.63) is 102 Å². The molecule has 0 aliphatic carbocycles. The van der Waals surface area contributed by atoms with Crippen molar-refractivity contribution in [1.29, 1.82) is 0 Å². The molecule has 0 fully saturated rings. The number of rotatable bonds is 6. The first-order valence-electron chi connectivity index (χ1n) is 10.3. The first-order valence-corrected chi connectivity index (χ1v) is 10.3. The van der Waals surface area contributed by atoms with Gasteiger partial charge in [0.1, 0.15) is 18.1 Å². The summed E-state index contributed by atoms with van der Waals surface area (Å²) in [7, 11) is 0. The van der Waals surface area contributed by atoms with Gasteiger partial charge in [0.2, 0.25) is 0 Å². The van der Waals surface area contributed by atoms with Gasteiger partial charge < -0.3 is 15.5 Å². The van der Waals surface area contributed by atoms with Crippen LogP contribution in [0.1, 0.15) is 26.5 Å². The van der Waals surface area contributed by atoms with Crippen molar-refractivity contribution in [3.63, 3.8) is 0 Å². The Balaban J connectivity index is 1.59. The van der Waals surface area contributed by atoms with E-state index < -0.39 is 17.6 Å². The van der Waals surface area contributed by atoms with E-state index >= 15 is 0 Å². The fraction of sp³-hybridized carbons (Fsp3) is 0.0400. The lowest BCUT2D eigenvalue weighted by molar-refractivity contribution is 0.0992. The number of primary amides is 1. The highest BCUT2D eigenvalue weighted by Gasteiger charge is 2.19. The maximum Gasteiger partial charge on any atom is 0.256 e. The number of furan rings is 1. The Labute approximate surface area is 192 Å². The number of amides is 2. The van der Waals surface area contributed by atoms with E-state index in [9.17, 15) is 14.0 Å². The van der Waals surface area contributed by atoms with Crippen LogP contribution in [0.5, 0.6) is 0 Å². The summed E-state index contributed by atoms with van der Waals surface area (Å²) in [5.74, 6) is -1.47. The third kappa shape index (κ3) is 4.02. The molecule has 5 aromatic rings. The lowest BCUT2D eigenvalue weighted by Gasteiger charge is -2.10. The van der Waals surface area contributed by atoms with Crippen molar-refractivity contribution in [1.82, 2.24) is 14.8 Å². The standard InChI is InChI=1S/C25H18FN5O3/c26-21-9-8-16(11-19(21)23(27)32)29-25(33)18-12-22(15-5-2-1-3-6-15)30-24-20(18)13-28-31(24)14-17-7-4-10-34-17/h1-13H,14H2,(H2,27,32)(H,29,33). The lowest BCUT2D eigenvalue weighted by atomic mass is 10.1. The molecule has 168 valence electrons. The van der Waals surface area contributed by atoms with Crippen molar-refractivity contribution in [2.75, 3.05) is 5.32 Å². The molecule has 0 radical (unpaired) electrons. The van der Waals surface area contributed by atoms with Crippen molar-refractivity contribution in [2.45, 2.75) is 6.54 Å². The van der Waals surface area contributed by atoms with Crippen LogP contribution >= 0.6 is 0 Å². The van der Waals surface area contributed by atoms with Gasteiger partial charge in [-0.25, -0.2) is 14.1 Å². The Morgan fingerprint density at radius 3 is 2.59 bits per heavy atom. The van der Waals surface area contributed by atoms with E-state index in [0.717, 1.165) is 11.6 Å². The van der Waals surface area contributed by atoms with Crippen LogP contribution in [0.25, 0.3) is 22.3 Å². The molecule has 0 unspecified atom stereocenters. The average molecular weight is 455 g/mol. The minimum Gasteiger partial charge on any atom is -0.467 e. The smallest absolute Gasteiger partial charge is 0.256 e. The monoisotopic (exact) mass is 455 g/mol. The van der Waals surface area contributed by atoms with Gasteiger partial charge in [-0.2, -0.15) is 5.10 Å². The number of nitrogens with zero attached hydrogens (tertiary/aromatic N) is 3. The van der Waals surface area contributed by atoms with E-state index in [0.29, 0.717) is 34.6 Å². The molecule has 9 heteroatoms. The number of halogens is 1. The second-order valence-electron chi connectivity index (χ2n) is 7.55. The fourth-order valence-corrected chi connectivity index (χ4v) is 3.65. The Kier molecular flexibility index (Phi) is 5.35. The van der Waals surface area contributed by atoms with E-state index in [4.69, 9.17) is 15.1 Å². The highest BCUT2D eigenvalue weighted by molar-refractivity contribution is 6.13. The topological polar surface area (TPSA) is 116 Å². The van der Waals surface area contributed by atoms with Crippen LogP contribution in [0, 0.1) is 5.82 Å². The fourth-order valence-electron chi connectivity index (χ4n) is 3.65. The van der Waals surface area contributed by atoms with E-state index in [2.05, 4.69) is 10.4 Å². The number of fused-ring (bicyclic) bond motifs is 1. The molecule has 0 saturated carbocycles. The molecule has 3 aromatic heterocycles. The zero-order valence-corrected chi connectivity index (χ0v) is 17.7. The summed E-state index contributed by atoms with van der Waals surface area (Å²) in [6.45, 7) is 0.336. The number of carbonyl (C=O) groups excluding carboxylic acids is 2. The van der Waals surface area contributed by atoms with Gasteiger partial charge in [-0.1, -0.05) is 30.3 Å². The van der Waals surface area contributed by atoms with E-state index in [1.165, 1.54) is 12.1 Å². The molecular formula is C25H18FN5O3. The molecule has 0 spiro atoms. The third-order valence-corrected chi connectivity index (χ3v) is 5.30. The summed E-state index contributed by atoms with van der Waals surface area (Å²) >= 11 is 0. The zero-order chi connectivity index (χ0) is 23.7. The normalized spacial score (nSPS) is 11.0. The second-order valence-corrected chi connectivity index (χ2v) is 7.55. The summed E-state index contributed by atoms with van der Waals surface area (Å²) < 4.78 is 20.9. The van der Waals surface area contributed by atoms with Gasteiger partial charge in [-0.3, -0.25) is 9.59 Å². The highest BCUT2D eigenvalue weighted by atomic mass is 19.1. The van der Waals surface area contributed by atoms with Crippen LogP contribution in [0.3, 0.4) is 0 Å². The van der Waals surface area contributed by atoms with Gasteiger partial charge in [0.05, 0.1) is 34.7 Å². The molecule has 0 bridgehead atoms. The zero-order valence-electron chi connectivity index (χ0n) is 17.7. The number of aromatic nitrogens is 3. The van der Waals surface area contributed by atoms with Crippen LogP contribution in [0.4, 0.5) is 10.1 Å². The Hall–Kier alpha value is -4.79. The van der Waals surface area contributed by atoms with E-state index in [-0.39, 0.29) is 11.3 Å². The number of benzene rings is 2. The summed E-state index contributed by atoms with van der Waals surface area (Å²) in [4.78, 5) is 29.5. The Bertz CT molecular complexity index is 1510. The van der Waals surface area contributed by atoms with Crippen molar-refractivity contribution in [3.8, 4) is 11.3 Å². The van der Waals surface area contributed by atoms with Gasteiger partial charge >= 0.3 is 0 Å². The lowest BCUT2D eigenvalue weighted by Crippen LogP contribution is -2.16. The number of nitrogens with two attached hydrogens (primary N) is 1. The molecule has 3 N–H and O–H groups in total. The van der Waals surface area contributed by atoms with E-state index in [1.807, 2.05) is 36.4 Å². The van der Waals surface area contributed by atoms with E-state index in [1.54, 1.807) is 29.3 Å². The molecule has 0 saturated heterocycles. The molecule has 8 nitrogen and oxygen atoms in total. The van der Waals surface area contributed by atoms with Gasteiger partial charge in [-0.15, -0.1) is 0 Å². The van der Waals surface area contributed by atoms with Crippen molar-refractivity contribution in [2.24, 2.45) is 5.73 Å². The number of hydrogen-bond donors (Lipinski definition) is 2. The molecule has 2 amide bonds. The SMILES string of the molecule is NC(=O)c1cc(NC(=O)c2cc(-c3ccccc3)nc3c2cnn3Cc2ccco2)ccc1F. The molecule has 0 aliphatic rings. The Morgan fingerprint density at radius 1 is 1.03 bits per heavy atom. The molecule has 0 aliphatic heterocycles. The van der Waals surface area contributed by atoms with Gasteiger partial charge in [0.25, 0.3) is 11.8 Å². The third-order valence-electron chi connectivity index (χ3n) is 5.30. The van der Waals surface area contributed by atoms with Crippen molar-refractivity contribution >= 4 is 28.5 Å². The van der Waals surface area contributed by atoms with Crippen molar-refractivity contribution < 1.29 is 18.4 Å². The van der Waals surface area contributed by atoms with Crippen LogP contribution < -0.4 is 11.1 Å². The number of pyridine rings is 1. The predicted octanol–water partition coefficient (Wildman–Crippen LogP) is 4.23. The summed E-state index contributed by atoms with van der Waals surface area (Å²) in [6, 6.07) is 18.3. The van der Waals surface area contributed by atoms with Crippen LogP contribution in [0.15, 0.2) is 83.6 Å². The molecule has 2 aromatic carbocycles. The Morgan fingerprint density at radius 2 is 1.85 bits per heavy atom. The molecule has 3 heterocycles. The maximum absolute atomic E-state index is 13.8. The largest absolute Gasteiger partial charge is 0.467 e. The number of carbonyl (C=O) groups is 2. The first-order chi connectivity index (χ1) is 16.5. The maximum atomic E-state index is 13.8. The second kappa shape index (κ2) is 8.62. The van der Waals surface area contributed by atoms with Crippen LogP contribution in [-0.4, -0.2) is 26.6 Å². The highest BCUT2D eigenvalue weighted by Crippen LogP contribution is 2.26. The number of nitrogens with one attached hydrogen (secondary N) is 1. The molecule has 0 atom stereocenters. The summed E-state index contributed by atoms with van der Waals surface area (Å²) in [5.41, 5.74) is 7.36. The molecule has 5 rings (SSSR count). The molecular weight excluding hydrogens is 437 g/mol. The van der Waals surface area contributed by atoms with Crippen LogP contribution in [0.2, 0.25) is 0 Å². The minimum atomic E-state index is -0.925. The average Bonchev–Trinajstić information content (AvgIpc) is 3.50. The summed E-state index contributed by atoms with van der Waals surface area (Å²) in [5, 5.41) is 7.65. The van der Waals surface area contributed by atoms with Crippen LogP contribution in [-0.2, 0) is 6.54 Å². The summed E-state index contributed by atoms with van der Waals surface area (Å²) in [6.07, 6.45) is 3.14.